The Morgan fingerprint density at radius 2 is 1.05 bits per heavy atom. The average molecular weight is 376 g/mol. The van der Waals surface area contributed by atoms with Crippen molar-refractivity contribution in [1.29, 1.82) is 0 Å². The van der Waals surface area contributed by atoms with Crippen molar-refractivity contribution in [3.05, 3.63) is 71.8 Å². The maximum absolute atomic E-state index is 6.17. The van der Waals surface area contributed by atoms with Gasteiger partial charge in [0.15, 0.2) is 0 Å². The molecular weight excluding hydrogens is 362 g/mol. The Balaban J connectivity index is 1.82. The molecule has 0 aliphatic carbocycles. The molecule has 0 amide bonds. The molecule has 0 fully saturated rings. The van der Waals surface area contributed by atoms with Crippen LogP contribution in [-0.2, 0) is 37.6 Å². The standard InChI is InChI=1S/2C7H7O.2ClH.Zr/c2*8-6-7-4-2-1-3-5-7;;;/h2*1-5H,6H2;2*1H;/q2*-1;;;+4/p-2. The van der Waals surface area contributed by atoms with E-state index in [-0.39, 0.29) is 0 Å². The Bertz CT molecular complexity index is 446. The van der Waals surface area contributed by atoms with Crippen molar-refractivity contribution >= 4 is 17.0 Å². The van der Waals surface area contributed by atoms with E-state index in [0.717, 1.165) is 11.1 Å². The summed E-state index contributed by atoms with van der Waals surface area (Å²) in [6.45, 7) is 0.775. The Hall–Kier alpha value is -0.177. The first-order valence-electron chi connectivity index (χ1n) is 5.89. The van der Waals surface area contributed by atoms with Crippen molar-refractivity contribution in [2.45, 2.75) is 13.2 Å². The molecule has 0 spiro atoms. The summed E-state index contributed by atoms with van der Waals surface area (Å²) in [4.78, 5) is 0. The van der Waals surface area contributed by atoms with Gasteiger partial charge < -0.3 is 0 Å². The van der Waals surface area contributed by atoms with E-state index in [1.54, 1.807) is 0 Å². The van der Waals surface area contributed by atoms with Crippen molar-refractivity contribution < 1.29 is 24.4 Å². The molecule has 2 aromatic carbocycles. The predicted molar refractivity (Wildman–Crippen MR) is 74.2 cm³/mol. The fraction of sp³-hybridized carbons (Fsp3) is 0.143. The Morgan fingerprint density at radius 3 is 1.42 bits per heavy atom. The summed E-state index contributed by atoms with van der Waals surface area (Å²) in [5.74, 6) is 0. The quantitative estimate of drug-likeness (QED) is 0.727. The molecule has 0 radical (unpaired) electrons. The van der Waals surface area contributed by atoms with E-state index < -0.39 is 18.8 Å². The van der Waals surface area contributed by atoms with Gasteiger partial charge in [0.2, 0.25) is 0 Å². The number of rotatable bonds is 6. The molecule has 0 saturated heterocycles. The van der Waals surface area contributed by atoms with E-state index in [2.05, 4.69) is 0 Å². The average Bonchev–Trinajstić information content (AvgIpc) is 2.46. The van der Waals surface area contributed by atoms with Crippen LogP contribution in [0.2, 0.25) is 0 Å². The monoisotopic (exact) mass is 374 g/mol. The summed E-state index contributed by atoms with van der Waals surface area (Å²) >= 11 is -3.88. The normalized spacial score (nSPS) is 11.5. The van der Waals surface area contributed by atoms with E-state index in [9.17, 15) is 0 Å². The van der Waals surface area contributed by atoms with Crippen LogP contribution < -0.4 is 0 Å². The van der Waals surface area contributed by atoms with Crippen LogP contribution in [0, 0.1) is 0 Å². The number of hydrogen-bond donors (Lipinski definition) is 0. The third-order valence-electron chi connectivity index (χ3n) is 2.50. The molecule has 0 unspecified atom stereocenters. The van der Waals surface area contributed by atoms with E-state index in [1.807, 2.05) is 60.7 Å². The van der Waals surface area contributed by atoms with Gasteiger partial charge in [-0.25, -0.2) is 0 Å². The first-order valence-corrected chi connectivity index (χ1v) is 14.2. The maximum atomic E-state index is 6.17. The van der Waals surface area contributed by atoms with Gasteiger partial charge >= 0.3 is 126 Å². The van der Waals surface area contributed by atoms with E-state index in [1.165, 1.54) is 0 Å². The van der Waals surface area contributed by atoms with Crippen LogP contribution in [0.4, 0.5) is 0 Å². The minimum absolute atomic E-state index is 0.388. The molecule has 2 aromatic rings. The SMILES string of the molecule is [Cl][Zr]([Cl])([O]Cc1ccccc1)[O]Cc1ccccc1. The molecule has 100 valence electrons. The number of hydrogen-bond acceptors (Lipinski definition) is 2. The van der Waals surface area contributed by atoms with Crippen molar-refractivity contribution in [1.82, 2.24) is 0 Å². The van der Waals surface area contributed by atoms with Crippen molar-refractivity contribution in [2.75, 3.05) is 0 Å². The topological polar surface area (TPSA) is 18.5 Å². The van der Waals surface area contributed by atoms with Crippen LogP contribution in [0.15, 0.2) is 60.7 Å². The minimum atomic E-state index is -3.88. The fourth-order valence-electron chi connectivity index (χ4n) is 1.52. The van der Waals surface area contributed by atoms with Gasteiger partial charge in [-0.15, -0.1) is 0 Å². The zero-order valence-electron chi connectivity index (χ0n) is 10.3. The van der Waals surface area contributed by atoms with Crippen molar-refractivity contribution in [3.63, 3.8) is 0 Å². The summed E-state index contributed by atoms with van der Waals surface area (Å²) < 4.78 is 11.1. The number of benzene rings is 2. The molecule has 0 bridgehead atoms. The van der Waals surface area contributed by atoms with E-state index in [4.69, 9.17) is 22.7 Å². The van der Waals surface area contributed by atoms with Crippen LogP contribution in [-0.4, -0.2) is 0 Å². The molecule has 2 nitrogen and oxygen atoms in total. The Labute approximate surface area is 126 Å². The second-order valence-corrected chi connectivity index (χ2v) is 14.7. The molecule has 0 atom stereocenters. The molecule has 5 heteroatoms. The molecular formula is C14H14Cl2O2Zr. The zero-order valence-corrected chi connectivity index (χ0v) is 14.2. The Kier molecular flexibility index (Phi) is 6.06. The van der Waals surface area contributed by atoms with Crippen molar-refractivity contribution in [3.8, 4) is 0 Å². The van der Waals surface area contributed by atoms with Gasteiger partial charge in [0.05, 0.1) is 0 Å². The second kappa shape index (κ2) is 7.56. The third-order valence-corrected chi connectivity index (χ3v) is 7.44. The molecule has 0 N–H and O–H groups in total. The van der Waals surface area contributed by atoms with Crippen LogP contribution in [0.3, 0.4) is 0 Å². The molecule has 0 saturated carbocycles. The molecule has 0 aromatic heterocycles. The Morgan fingerprint density at radius 1 is 0.684 bits per heavy atom. The molecule has 0 aliphatic rings. The zero-order chi connectivity index (χ0) is 13.6. The van der Waals surface area contributed by atoms with Crippen LogP contribution in [0.25, 0.3) is 0 Å². The summed E-state index contributed by atoms with van der Waals surface area (Å²) in [5.41, 5.74) is 2.07. The first kappa shape index (κ1) is 15.2. The van der Waals surface area contributed by atoms with Gasteiger partial charge in [-0.3, -0.25) is 0 Å². The van der Waals surface area contributed by atoms with Crippen LogP contribution in [0.5, 0.6) is 0 Å². The van der Waals surface area contributed by atoms with E-state index >= 15 is 0 Å². The molecule has 0 heterocycles. The van der Waals surface area contributed by atoms with Gasteiger partial charge in [-0.2, -0.15) is 0 Å². The summed E-state index contributed by atoms with van der Waals surface area (Å²) in [7, 11) is 12.3. The van der Waals surface area contributed by atoms with E-state index in [0.29, 0.717) is 13.2 Å². The summed E-state index contributed by atoms with van der Waals surface area (Å²) in [5, 5.41) is 0. The van der Waals surface area contributed by atoms with Gasteiger partial charge in [-0.1, -0.05) is 0 Å². The predicted octanol–water partition coefficient (Wildman–Crippen LogP) is 4.71. The molecule has 0 aliphatic heterocycles. The van der Waals surface area contributed by atoms with Crippen molar-refractivity contribution in [2.24, 2.45) is 0 Å². The van der Waals surface area contributed by atoms with Gasteiger partial charge in [0.1, 0.15) is 0 Å². The fourth-order valence-corrected chi connectivity index (χ4v) is 4.67. The van der Waals surface area contributed by atoms with Gasteiger partial charge in [0, 0.05) is 0 Å². The van der Waals surface area contributed by atoms with Gasteiger partial charge in [0.25, 0.3) is 0 Å². The van der Waals surface area contributed by atoms with Gasteiger partial charge in [-0.05, 0) is 0 Å². The third kappa shape index (κ3) is 5.76. The van der Waals surface area contributed by atoms with Crippen LogP contribution >= 0.6 is 17.0 Å². The molecule has 2 rings (SSSR count). The summed E-state index contributed by atoms with van der Waals surface area (Å²) in [6.07, 6.45) is 0. The molecule has 19 heavy (non-hydrogen) atoms. The first-order chi connectivity index (χ1) is 9.16. The summed E-state index contributed by atoms with van der Waals surface area (Å²) in [6, 6.07) is 19.6. The second-order valence-electron chi connectivity index (χ2n) is 4.01. The van der Waals surface area contributed by atoms with Crippen LogP contribution in [0.1, 0.15) is 11.1 Å². The number of halogens is 2.